The minimum Gasteiger partial charge on any atom is -0.485 e. The van der Waals surface area contributed by atoms with Gasteiger partial charge in [-0.2, -0.15) is 0 Å². The molecule has 2 heterocycles. The van der Waals surface area contributed by atoms with Gasteiger partial charge in [-0.05, 0) is 55.3 Å². The zero-order chi connectivity index (χ0) is 21.9. The third kappa shape index (κ3) is 5.26. The molecular weight excluding hydrogens is 380 g/mol. The van der Waals surface area contributed by atoms with E-state index in [0.717, 1.165) is 57.6 Å². The summed E-state index contributed by atoms with van der Waals surface area (Å²) in [5, 5.41) is 0. The van der Waals surface area contributed by atoms with E-state index in [-0.39, 0.29) is 11.0 Å². The highest BCUT2D eigenvalue weighted by Crippen LogP contribution is 2.41. The summed E-state index contributed by atoms with van der Waals surface area (Å²) in [4.78, 5) is 5.14. The van der Waals surface area contributed by atoms with Crippen LogP contribution < -0.4 is 9.64 Å². The van der Waals surface area contributed by atoms with Crippen molar-refractivity contribution in [3.05, 3.63) is 59.7 Å². The van der Waals surface area contributed by atoms with Crippen LogP contribution in [0.2, 0.25) is 0 Å². The number of rotatable bonds is 4. The average Bonchev–Trinajstić information content (AvgIpc) is 3.06. The van der Waals surface area contributed by atoms with Crippen molar-refractivity contribution in [1.29, 1.82) is 0 Å². The Morgan fingerprint density at radius 2 is 1.74 bits per heavy atom. The van der Waals surface area contributed by atoms with E-state index >= 15 is 0 Å². The average molecular weight is 421 g/mol. The SMILES string of the molecule is CCCN1CCC2(CC1)CCN(CC1=CC=C(C(C)(C)C)CC=C1)c1ccccc1O2. The van der Waals surface area contributed by atoms with Crippen molar-refractivity contribution in [2.45, 2.75) is 65.4 Å². The van der Waals surface area contributed by atoms with Gasteiger partial charge in [-0.15, -0.1) is 0 Å². The summed E-state index contributed by atoms with van der Waals surface area (Å²) in [6.07, 6.45) is 15.0. The number of piperidine rings is 1. The number of hydrogen-bond donors (Lipinski definition) is 0. The summed E-state index contributed by atoms with van der Waals surface area (Å²) in [5.41, 5.74) is 4.33. The molecule has 3 nitrogen and oxygen atoms in total. The number of fused-ring (bicyclic) bond motifs is 1. The lowest BCUT2D eigenvalue weighted by atomic mass is 9.84. The van der Waals surface area contributed by atoms with Crippen molar-refractivity contribution in [3.8, 4) is 5.75 Å². The van der Waals surface area contributed by atoms with Gasteiger partial charge in [-0.1, -0.05) is 69.7 Å². The monoisotopic (exact) mass is 420 g/mol. The number of para-hydroxylation sites is 2. The van der Waals surface area contributed by atoms with Crippen molar-refractivity contribution in [2.24, 2.45) is 5.41 Å². The predicted molar refractivity (Wildman–Crippen MR) is 132 cm³/mol. The summed E-state index contributed by atoms with van der Waals surface area (Å²) in [6, 6.07) is 8.66. The zero-order valence-corrected chi connectivity index (χ0v) is 20.0. The molecule has 0 atom stereocenters. The van der Waals surface area contributed by atoms with Crippen LogP contribution in [0.3, 0.4) is 0 Å². The number of allylic oxidation sites excluding steroid dienone is 4. The Balaban J connectivity index is 1.53. The van der Waals surface area contributed by atoms with Crippen LogP contribution in [0.4, 0.5) is 5.69 Å². The van der Waals surface area contributed by atoms with Gasteiger partial charge in [0, 0.05) is 32.6 Å². The fourth-order valence-corrected chi connectivity index (χ4v) is 5.12. The lowest BCUT2D eigenvalue weighted by Crippen LogP contribution is -2.48. The van der Waals surface area contributed by atoms with Crippen LogP contribution in [0.15, 0.2) is 59.7 Å². The molecule has 1 aliphatic carbocycles. The van der Waals surface area contributed by atoms with Gasteiger partial charge < -0.3 is 14.5 Å². The number of nitrogens with zero attached hydrogens (tertiary/aromatic N) is 2. The van der Waals surface area contributed by atoms with Gasteiger partial charge in [-0.25, -0.2) is 0 Å². The number of anilines is 1. The maximum Gasteiger partial charge on any atom is 0.143 e. The first-order valence-corrected chi connectivity index (χ1v) is 12.2. The van der Waals surface area contributed by atoms with Crippen LogP contribution in [0.25, 0.3) is 0 Å². The Morgan fingerprint density at radius 3 is 2.48 bits per heavy atom. The molecule has 0 amide bonds. The first-order chi connectivity index (χ1) is 14.9. The van der Waals surface area contributed by atoms with E-state index in [2.05, 4.69) is 86.1 Å². The molecule has 168 valence electrons. The second kappa shape index (κ2) is 9.24. The molecule has 0 aromatic heterocycles. The maximum absolute atomic E-state index is 6.80. The zero-order valence-electron chi connectivity index (χ0n) is 20.0. The van der Waals surface area contributed by atoms with E-state index in [0.29, 0.717) is 0 Å². The fraction of sp³-hybridized carbons (Fsp3) is 0.571. The predicted octanol–water partition coefficient (Wildman–Crippen LogP) is 6.38. The molecule has 1 spiro atoms. The molecule has 1 aromatic rings. The first kappa shape index (κ1) is 22.2. The number of hydrogen-bond acceptors (Lipinski definition) is 3. The fourth-order valence-electron chi connectivity index (χ4n) is 5.12. The molecular formula is C28H40N2O. The summed E-state index contributed by atoms with van der Waals surface area (Å²) < 4.78 is 6.80. The van der Waals surface area contributed by atoms with Crippen molar-refractivity contribution in [1.82, 2.24) is 4.90 Å². The molecule has 4 rings (SSSR count). The molecule has 0 N–H and O–H groups in total. The van der Waals surface area contributed by atoms with E-state index < -0.39 is 0 Å². The highest BCUT2D eigenvalue weighted by molar-refractivity contribution is 5.60. The Hall–Kier alpha value is -2.00. The van der Waals surface area contributed by atoms with Crippen LogP contribution in [-0.4, -0.2) is 43.2 Å². The molecule has 3 aliphatic rings. The van der Waals surface area contributed by atoms with Crippen molar-refractivity contribution >= 4 is 5.69 Å². The molecule has 3 heteroatoms. The maximum atomic E-state index is 6.80. The summed E-state index contributed by atoms with van der Waals surface area (Å²) in [7, 11) is 0. The van der Waals surface area contributed by atoms with Gasteiger partial charge >= 0.3 is 0 Å². The lowest BCUT2D eigenvalue weighted by molar-refractivity contribution is -0.0000192. The molecule has 0 bridgehead atoms. The Morgan fingerprint density at radius 1 is 1.00 bits per heavy atom. The van der Waals surface area contributed by atoms with Gasteiger partial charge in [0.2, 0.25) is 0 Å². The van der Waals surface area contributed by atoms with E-state index in [4.69, 9.17) is 4.74 Å². The molecule has 1 aromatic carbocycles. The van der Waals surface area contributed by atoms with E-state index in [1.807, 2.05) is 0 Å². The first-order valence-electron chi connectivity index (χ1n) is 12.2. The highest BCUT2D eigenvalue weighted by atomic mass is 16.5. The summed E-state index contributed by atoms with van der Waals surface area (Å²) >= 11 is 0. The standard InChI is InChI=1S/C28H40N2O/c1-5-18-29-19-15-28(16-20-29)17-21-30(25-11-6-7-12-26(25)31-28)22-23-9-8-10-24(14-13-23)27(2,3)4/h6-9,11-14H,5,10,15-22H2,1-4H3. The summed E-state index contributed by atoms with van der Waals surface area (Å²) in [5.74, 6) is 1.06. The molecule has 0 saturated carbocycles. The smallest absolute Gasteiger partial charge is 0.143 e. The third-order valence-electron chi connectivity index (χ3n) is 7.18. The molecule has 1 fully saturated rings. The van der Waals surface area contributed by atoms with Gasteiger partial charge in [0.05, 0.1) is 5.69 Å². The number of ether oxygens (including phenoxy) is 1. The minimum absolute atomic E-state index is 0.0118. The minimum atomic E-state index is -0.0118. The van der Waals surface area contributed by atoms with Crippen molar-refractivity contribution in [3.63, 3.8) is 0 Å². The summed E-state index contributed by atoms with van der Waals surface area (Å²) in [6.45, 7) is 14.7. The number of likely N-dealkylation sites (tertiary alicyclic amines) is 1. The third-order valence-corrected chi connectivity index (χ3v) is 7.18. The molecule has 0 unspecified atom stereocenters. The Kier molecular flexibility index (Phi) is 6.62. The second-order valence-electron chi connectivity index (χ2n) is 10.6. The number of benzene rings is 1. The van der Waals surface area contributed by atoms with Gasteiger partial charge in [0.25, 0.3) is 0 Å². The van der Waals surface area contributed by atoms with Crippen LogP contribution in [0.5, 0.6) is 5.75 Å². The second-order valence-corrected chi connectivity index (χ2v) is 10.6. The molecule has 31 heavy (non-hydrogen) atoms. The van der Waals surface area contributed by atoms with E-state index in [9.17, 15) is 0 Å². The van der Waals surface area contributed by atoms with Crippen LogP contribution in [0, 0.1) is 5.41 Å². The molecule has 0 radical (unpaired) electrons. The lowest BCUT2D eigenvalue weighted by Gasteiger charge is -2.41. The van der Waals surface area contributed by atoms with E-state index in [1.54, 1.807) is 0 Å². The van der Waals surface area contributed by atoms with Crippen LogP contribution >= 0.6 is 0 Å². The Bertz CT molecular complexity index is 850. The highest BCUT2D eigenvalue weighted by Gasteiger charge is 2.39. The van der Waals surface area contributed by atoms with Crippen LogP contribution in [0.1, 0.15) is 59.8 Å². The van der Waals surface area contributed by atoms with Gasteiger partial charge in [-0.3, -0.25) is 0 Å². The van der Waals surface area contributed by atoms with Gasteiger partial charge in [0.1, 0.15) is 11.4 Å². The van der Waals surface area contributed by atoms with Crippen LogP contribution in [-0.2, 0) is 0 Å². The largest absolute Gasteiger partial charge is 0.485 e. The van der Waals surface area contributed by atoms with Gasteiger partial charge in [0.15, 0.2) is 0 Å². The van der Waals surface area contributed by atoms with Crippen molar-refractivity contribution < 1.29 is 4.74 Å². The molecule has 1 saturated heterocycles. The van der Waals surface area contributed by atoms with E-state index in [1.165, 1.54) is 29.8 Å². The topological polar surface area (TPSA) is 15.7 Å². The molecule has 2 aliphatic heterocycles. The Labute approximate surface area is 189 Å². The normalized spacial score (nSPS) is 21.6. The van der Waals surface area contributed by atoms with Crippen molar-refractivity contribution in [2.75, 3.05) is 37.6 Å². The quantitative estimate of drug-likeness (QED) is 0.562.